The molecule has 0 saturated heterocycles. The van der Waals surface area contributed by atoms with E-state index in [0.29, 0.717) is 11.1 Å². The minimum atomic E-state index is -1.76. The normalized spacial score (nSPS) is 13.7. The van der Waals surface area contributed by atoms with Crippen molar-refractivity contribution in [3.8, 4) is 5.75 Å². The molecule has 0 spiro atoms. The number of aromatic nitrogens is 1. The van der Waals surface area contributed by atoms with Crippen LogP contribution in [0.5, 0.6) is 5.75 Å². The Morgan fingerprint density at radius 1 is 0.750 bits per heavy atom. The highest BCUT2D eigenvalue weighted by atomic mass is 16.4. The first-order valence-corrected chi connectivity index (χ1v) is 13.5. The molecule has 44 heavy (non-hydrogen) atoms. The molecule has 1 heterocycles. The summed E-state index contributed by atoms with van der Waals surface area (Å²) in [5.74, 6) is -7.15. The number of amides is 3. The fourth-order valence-corrected chi connectivity index (χ4v) is 4.44. The molecule has 10 N–H and O–H groups in total. The molecule has 15 heteroatoms. The van der Waals surface area contributed by atoms with E-state index in [-0.39, 0.29) is 18.6 Å². The second kappa shape index (κ2) is 15.2. The summed E-state index contributed by atoms with van der Waals surface area (Å²) in [5, 5.41) is 44.8. The van der Waals surface area contributed by atoms with E-state index < -0.39 is 79.1 Å². The lowest BCUT2D eigenvalue weighted by Gasteiger charge is -2.24. The minimum absolute atomic E-state index is 0.0266. The molecule has 15 nitrogen and oxygen atoms in total. The van der Waals surface area contributed by atoms with Gasteiger partial charge in [0.1, 0.15) is 23.9 Å². The molecule has 234 valence electrons. The van der Waals surface area contributed by atoms with Crippen LogP contribution in [0.2, 0.25) is 0 Å². The number of nitrogens with one attached hydrogen (secondary N) is 4. The van der Waals surface area contributed by atoms with E-state index in [9.17, 15) is 44.1 Å². The summed E-state index contributed by atoms with van der Waals surface area (Å²) < 4.78 is 0. The number of fused-ring (bicyclic) bond motifs is 1. The third-order valence-electron chi connectivity index (χ3n) is 6.73. The van der Waals surface area contributed by atoms with E-state index in [4.69, 9.17) is 10.8 Å². The lowest BCUT2D eigenvalue weighted by atomic mass is 10.0. The maximum Gasteiger partial charge on any atom is 0.326 e. The van der Waals surface area contributed by atoms with E-state index in [0.717, 1.165) is 10.9 Å². The highest BCUT2D eigenvalue weighted by molar-refractivity contribution is 5.96. The molecule has 0 aliphatic rings. The van der Waals surface area contributed by atoms with Gasteiger partial charge in [-0.05, 0) is 42.2 Å². The van der Waals surface area contributed by atoms with Crippen LogP contribution in [0.1, 0.15) is 30.4 Å². The number of carbonyl (C=O) groups is 6. The molecule has 1 aromatic heterocycles. The molecule has 0 saturated carbocycles. The van der Waals surface area contributed by atoms with Crippen LogP contribution in [0, 0.1) is 0 Å². The van der Waals surface area contributed by atoms with Crippen molar-refractivity contribution in [1.82, 2.24) is 20.9 Å². The first kappa shape index (κ1) is 33.1. The third-order valence-corrected chi connectivity index (χ3v) is 6.73. The molecule has 0 radical (unpaired) electrons. The van der Waals surface area contributed by atoms with Gasteiger partial charge in [-0.3, -0.25) is 24.0 Å². The highest BCUT2D eigenvalue weighted by Gasteiger charge is 2.32. The van der Waals surface area contributed by atoms with Crippen molar-refractivity contribution in [2.45, 2.75) is 56.3 Å². The first-order chi connectivity index (χ1) is 20.8. The summed E-state index contributed by atoms with van der Waals surface area (Å²) in [5.41, 5.74) is 8.10. The minimum Gasteiger partial charge on any atom is -0.508 e. The number of para-hydroxylation sites is 1. The summed E-state index contributed by atoms with van der Waals surface area (Å²) in [4.78, 5) is 76.6. The molecule has 0 aliphatic carbocycles. The number of benzene rings is 2. The number of aromatic amines is 1. The molecule has 0 fully saturated rings. The van der Waals surface area contributed by atoms with Gasteiger partial charge in [-0.15, -0.1) is 0 Å². The number of carboxylic acid groups (broad SMARTS) is 3. The summed E-state index contributed by atoms with van der Waals surface area (Å²) in [7, 11) is 0. The second-order valence-electron chi connectivity index (χ2n) is 10.1. The standard InChI is InChI=1S/C29H33N5O10/c30-19(11-15-5-7-17(35)8-6-15)26(40)33-22(12-16-14-31-20-4-2-1-3-18(16)20)27(41)34-23(13-25(38)39)28(42)32-21(29(43)44)9-10-24(36)37/h1-8,14,19,21-23,31,35H,9-13,30H2,(H,32,42)(H,33,40)(H,34,41)(H,36,37)(H,38,39)(H,43,44). The number of aliphatic carboxylic acids is 3. The Balaban J connectivity index is 1.83. The third kappa shape index (κ3) is 9.55. The van der Waals surface area contributed by atoms with Gasteiger partial charge in [-0.25, -0.2) is 4.79 Å². The number of phenolic OH excluding ortho intramolecular Hbond substituents is 1. The van der Waals surface area contributed by atoms with Crippen molar-refractivity contribution in [3.63, 3.8) is 0 Å². The van der Waals surface area contributed by atoms with Gasteiger partial charge in [0.15, 0.2) is 0 Å². The van der Waals surface area contributed by atoms with Crippen LogP contribution in [0.15, 0.2) is 54.7 Å². The van der Waals surface area contributed by atoms with E-state index in [1.807, 2.05) is 0 Å². The molecule has 2 aromatic carbocycles. The number of hydrogen-bond acceptors (Lipinski definition) is 8. The summed E-state index contributed by atoms with van der Waals surface area (Å²) in [6.45, 7) is 0. The Labute approximate surface area is 250 Å². The second-order valence-corrected chi connectivity index (χ2v) is 10.1. The topological polar surface area (TPSA) is 261 Å². The molecule has 0 bridgehead atoms. The lowest BCUT2D eigenvalue weighted by molar-refractivity contribution is -0.144. The van der Waals surface area contributed by atoms with Gasteiger partial charge >= 0.3 is 17.9 Å². The number of phenols is 1. The summed E-state index contributed by atoms with van der Waals surface area (Å²) in [6.07, 6.45) is -0.403. The van der Waals surface area contributed by atoms with E-state index in [1.54, 1.807) is 42.6 Å². The number of nitrogens with two attached hydrogens (primary N) is 1. The first-order valence-electron chi connectivity index (χ1n) is 13.5. The fourth-order valence-electron chi connectivity index (χ4n) is 4.44. The van der Waals surface area contributed by atoms with Gasteiger partial charge in [0.25, 0.3) is 0 Å². The Kier molecular flexibility index (Phi) is 11.4. The average molecular weight is 612 g/mol. The van der Waals surface area contributed by atoms with Crippen LogP contribution >= 0.6 is 0 Å². The smallest absolute Gasteiger partial charge is 0.326 e. The van der Waals surface area contributed by atoms with Gasteiger partial charge in [0, 0.05) is 29.9 Å². The Hall–Kier alpha value is -5.44. The summed E-state index contributed by atoms with van der Waals surface area (Å²) >= 11 is 0. The number of carbonyl (C=O) groups excluding carboxylic acids is 3. The molecular weight excluding hydrogens is 578 g/mol. The van der Waals surface area contributed by atoms with Crippen molar-refractivity contribution >= 4 is 46.5 Å². The quantitative estimate of drug-likeness (QED) is 0.103. The van der Waals surface area contributed by atoms with Gasteiger partial charge in [-0.1, -0.05) is 30.3 Å². The van der Waals surface area contributed by atoms with Crippen molar-refractivity contribution < 1.29 is 49.2 Å². The van der Waals surface area contributed by atoms with Crippen LogP contribution in [0.4, 0.5) is 0 Å². The van der Waals surface area contributed by atoms with Crippen molar-refractivity contribution in [1.29, 1.82) is 0 Å². The number of hydrogen-bond donors (Lipinski definition) is 9. The van der Waals surface area contributed by atoms with E-state index in [1.165, 1.54) is 12.1 Å². The maximum atomic E-state index is 13.5. The SMILES string of the molecule is NC(Cc1ccc(O)cc1)C(=O)NC(Cc1c[nH]c2ccccc12)C(=O)NC(CC(=O)O)C(=O)NC(CCC(=O)O)C(=O)O. The zero-order valence-corrected chi connectivity index (χ0v) is 23.4. The Bertz CT molecular complexity index is 1520. The number of rotatable bonds is 16. The van der Waals surface area contributed by atoms with Gasteiger partial charge in [0.2, 0.25) is 17.7 Å². The van der Waals surface area contributed by atoms with Crippen LogP contribution in [-0.4, -0.2) is 85.2 Å². The van der Waals surface area contributed by atoms with E-state index in [2.05, 4.69) is 20.9 Å². The predicted molar refractivity (Wildman–Crippen MR) is 154 cm³/mol. The lowest BCUT2D eigenvalue weighted by Crippen LogP contribution is -2.58. The van der Waals surface area contributed by atoms with Crippen LogP contribution in [0.25, 0.3) is 10.9 Å². The monoisotopic (exact) mass is 611 g/mol. The number of aromatic hydroxyl groups is 1. The largest absolute Gasteiger partial charge is 0.508 e. The van der Waals surface area contributed by atoms with Crippen LogP contribution < -0.4 is 21.7 Å². The van der Waals surface area contributed by atoms with Gasteiger partial charge < -0.3 is 47.1 Å². The highest BCUT2D eigenvalue weighted by Crippen LogP contribution is 2.19. The molecule has 3 rings (SSSR count). The zero-order valence-electron chi connectivity index (χ0n) is 23.4. The van der Waals surface area contributed by atoms with Crippen molar-refractivity contribution in [2.75, 3.05) is 0 Å². The fraction of sp³-hybridized carbons (Fsp3) is 0.310. The average Bonchev–Trinajstić information content (AvgIpc) is 3.37. The van der Waals surface area contributed by atoms with Gasteiger partial charge in [-0.2, -0.15) is 0 Å². The maximum absolute atomic E-state index is 13.5. The van der Waals surface area contributed by atoms with Crippen molar-refractivity contribution in [2.24, 2.45) is 5.73 Å². The number of carboxylic acids is 3. The van der Waals surface area contributed by atoms with Crippen molar-refractivity contribution in [3.05, 3.63) is 65.9 Å². The molecule has 3 aromatic rings. The van der Waals surface area contributed by atoms with E-state index >= 15 is 0 Å². The Morgan fingerprint density at radius 2 is 1.36 bits per heavy atom. The molecule has 0 aliphatic heterocycles. The predicted octanol–water partition coefficient (Wildman–Crippen LogP) is -0.135. The van der Waals surface area contributed by atoms with Gasteiger partial charge in [0.05, 0.1) is 12.5 Å². The number of H-pyrrole nitrogens is 1. The summed E-state index contributed by atoms with van der Waals surface area (Å²) in [6, 6.07) is 7.28. The Morgan fingerprint density at radius 3 is 2.00 bits per heavy atom. The van der Waals surface area contributed by atoms with Crippen LogP contribution in [0.3, 0.4) is 0 Å². The molecular formula is C29H33N5O10. The van der Waals surface area contributed by atoms with Crippen LogP contribution in [-0.2, 0) is 41.6 Å². The molecule has 4 atom stereocenters. The molecule has 4 unspecified atom stereocenters. The zero-order chi connectivity index (χ0) is 32.4. The molecule has 3 amide bonds.